The molecular weight excluding hydrogens is 482 g/mol. The lowest BCUT2D eigenvalue weighted by molar-refractivity contribution is -0.128. The third-order valence-corrected chi connectivity index (χ3v) is 7.10. The minimum atomic E-state index is -0.606. The van der Waals surface area contributed by atoms with Gasteiger partial charge in [0.1, 0.15) is 13.4 Å². The number of rotatable bonds is 5. The zero-order valence-electron chi connectivity index (χ0n) is 20.7. The van der Waals surface area contributed by atoms with Gasteiger partial charge in [0.05, 0.1) is 16.6 Å². The van der Waals surface area contributed by atoms with E-state index in [1.807, 2.05) is 63.8 Å². The first kappa shape index (κ1) is 25.7. The summed E-state index contributed by atoms with van der Waals surface area (Å²) in [6, 6.07) is 13.8. The van der Waals surface area contributed by atoms with Crippen molar-refractivity contribution in [2.24, 2.45) is 0 Å². The van der Waals surface area contributed by atoms with Crippen LogP contribution in [0.5, 0.6) is 0 Å². The van der Waals surface area contributed by atoms with Gasteiger partial charge in [-0.15, -0.1) is 0 Å². The van der Waals surface area contributed by atoms with Crippen LogP contribution in [0.3, 0.4) is 0 Å². The molecule has 0 bridgehead atoms. The van der Waals surface area contributed by atoms with E-state index in [-0.39, 0.29) is 18.5 Å². The van der Waals surface area contributed by atoms with E-state index in [2.05, 4.69) is 6.07 Å². The fourth-order valence-corrected chi connectivity index (χ4v) is 4.75. The smallest absolute Gasteiger partial charge is 0.410 e. The minimum absolute atomic E-state index is 0.0618. The van der Waals surface area contributed by atoms with Crippen LogP contribution in [0.4, 0.5) is 4.79 Å². The van der Waals surface area contributed by atoms with Crippen molar-refractivity contribution in [2.75, 3.05) is 13.1 Å². The van der Waals surface area contributed by atoms with Gasteiger partial charge in [-0.3, -0.25) is 4.79 Å². The van der Waals surface area contributed by atoms with Gasteiger partial charge in [-0.2, -0.15) is 0 Å². The monoisotopic (exact) mass is 512 g/mol. The molecule has 0 radical (unpaired) electrons. The first-order valence-corrected chi connectivity index (χ1v) is 12.8. The van der Waals surface area contributed by atoms with E-state index in [9.17, 15) is 9.59 Å². The molecule has 0 N–H and O–H groups in total. The Morgan fingerprint density at radius 2 is 1.86 bits per heavy atom. The summed E-state index contributed by atoms with van der Waals surface area (Å²) in [6.45, 7) is 6.62. The Morgan fingerprint density at radius 1 is 1.14 bits per heavy atom. The van der Waals surface area contributed by atoms with Crippen LogP contribution in [0.2, 0.25) is 10.0 Å². The van der Waals surface area contributed by atoms with E-state index in [1.54, 1.807) is 11.0 Å². The summed E-state index contributed by atoms with van der Waals surface area (Å²) in [6.07, 6.45) is 2.08. The Morgan fingerprint density at radius 3 is 2.51 bits per heavy atom. The molecule has 0 spiro atoms. The molecule has 2 amide bonds. The highest BCUT2D eigenvalue weighted by molar-refractivity contribution is 6.42. The first-order chi connectivity index (χ1) is 16.5. The number of halogens is 2. The molecule has 184 valence electrons. The Bertz CT molecular complexity index is 1170. The Hall–Kier alpha value is -2.44. The van der Waals surface area contributed by atoms with Crippen molar-refractivity contribution in [2.45, 2.75) is 58.2 Å². The lowest BCUT2D eigenvalue weighted by atomic mass is 9.88. The summed E-state index contributed by atoms with van der Waals surface area (Å²) in [7, 11) is 2.04. The van der Waals surface area contributed by atoms with Crippen LogP contribution < -0.4 is 5.46 Å². The topological polar surface area (TPSA) is 49.9 Å². The number of amides is 2. The van der Waals surface area contributed by atoms with E-state index in [0.29, 0.717) is 35.1 Å². The van der Waals surface area contributed by atoms with E-state index in [1.165, 1.54) is 0 Å². The van der Waals surface area contributed by atoms with Gasteiger partial charge in [-0.1, -0.05) is 65.1 Å². The molecule has 0 atom stereocenters. The highest BCUT2D eigenvalue weighted by atomic mass is 35.5. The zero-order chi connectivity index (χ0) is 25.3. The molecule has 0 saturated heterocycles. The lowest BCUT2D eigenvalue weighted by Crippen LogP contribution is -2.44. The van der Waals surface area contributed by atoms with E-state index in [4.69, 9.17) is 27.9 Å². The van der Waals surface area contributed by atoms with Gasteiger partial charge in [0.15, 0.2) is 0 Å². The Kier molecular flexibility index (Phi) is 7.53. The summed E-state index contributed by atoms with van der Waals surface area (Å²) in [5.41, 5.74) is 3.98. The van der Waals surface area contributed by atoms with E-state index < -0.39 is 11.7 Å². The summed E-state index contributed by atoms with van der Waals surface area (Å²) in [4.78, 5) is 30.5. The van der Waals surface area contributed by atoms with Crippen molar-refractivity contribution in [3.8, 4) is 0 Å². The highest BCUT2D eigenvalue weighted by Gasteiger charge is 2.38. The first-order valence-electron chi connectivity index (χ1n) is 12.0. The summed E-state index contributed by atoms with van der Waals surface area (Å²) < 4.78 is 5.62. The summed E-state index contributed by atoms with van der Waals surface area (Å²) >= 11 is 12.7. The Balaban J connectivity index is 1.70. The Labute approximate surface area is 218 Å². The quantitative estimate of drug-likeness (QED) is 0.538. The van der Waals surface area contributed by atoms with Crippen LogP contribution in [0.1, 0.15) is 51.2 Å². The van der Waals surface area contributed by atoms with Crippen molar-refractivity contribution >= 4 is 54.1 Å². The van der Waals surface area contributed by atoms with Crippen LogP contribution >= 0.6 is 23.2 Å². The maximum Gasteiger partial charge on any atom is 0.410 e. The molecule has 8 heteroatoms. The molecule has 1 aliphatic heterocycles. The standard InChI is InChI=1S/C27H31BCl2N2O3/c1-27(2,3)35-26(34)31-13-12-21(17-6-4-8-19(28)14-17)22(16-31)25(33)32(20-10-11-20)15-18-7-5-9-23(29)24(18)30/h4-9,14,20H,10-13,15-16,28H2,1-3H3. The summed E-state index contributed by atoms with van der Waals surface area (Å²) in [5, 5.41) is 0.945. The van der Waals surface area contributed by atoms with Crippen LogP contribution in [-0.4, -0.2) is 54.4 Å². The number of carbonyl (C=O) groups is 2. The fourth-order valence-electron chi connectivity index (χ4n) is 4.37. The molecule has 2 aromatic rings. The van der Waals surface area contributed by atoms with Gasteiger partial charge in [0.2, 0.25) is 0 Å². The molecule has 0 aromatic heterocycles. The number of carbonyl (C=O) groups excluding carboxylic acids is 2. The van der Waals surface area contributed by atoms with Crippen LogP contribution in [0, 0.1) is 0 Å². The maximum absolute atomic E-state index is 14.1. The summed E-state index contributed by atoms with van der Waals surface area (Å²) in [5.74, 6) is -0.0618. The normalized spacial score (nSPS) is 16.3. The van der Waals surface area contributed by atoms with E-state index in [0.717, 1.165) is 35.0 Å². The molecule has 1 heterocycles. The van der Waals surface area contributed by atoms with Gasteiger partial charge in [-0.05, 0) is 62.8 Å². The molecule has 1 saturated carbocycles. The second kappa shape index (κ2) is 10.3. The number of hydrogen-bond donors (Lipinski definition) is 0. The third kappa shape index (κ3) is 6.23. The maximum atomic E-state index is 14.1. The third-order valence-electron chi connectivity index (χ3n) is 6.24. The second-order valence-electron chi connectivity index (χ2n) is 10.4. The van der Waals surface area contributed by atoms with Gasteiger partial charge >= 0.3 is 6.09 Å². The van der Waals surface area contributed by atoms with Gasteiger partial charge in [-0.25, -0.2) is 4.79 Å². The number of hydrogen-bond acceptors (Lipinski definition) is 3. The molecule has 0 unspecified atom stereocenters. The van der Waals surface area contributed by atoms with Crippen molar-refractivity contribution in [3.63, 3.8) is 0 Å². The molecule has 2 aliphatic rings. The van der Waals surface area contributed by atoms with E-state index >= 15 is 0 Å². The number of ether oxygens (including phenoxy) is 1. The average molecular weight is 513 g/mol. The number of benzene rings is 2. The number of nitrogens with zero attached hydrogens (tertiary/aromatic N) is 2. The molecule has 35 heavy (non-hydrogen) atoms. The largest absolute Gasteiger partial charge is 0.444 e. The molecule has 2 aromatic carbocycles. The van der Waals surface area contributed by atoms with Crippen LogP contribution in [-0.2, 0) is 16.1 Å². The van der Waals surface area contributed by atoms with Crippen LogP contribution in [0.25, 0.3) is 5.57 Å². The molecule has 5 nitrogen and oxygen atoms in total. The van der Waals surface area contributed by atoms with Gasteiger partial charge in [0, 0.05) is 24.7 Å². The minimum Gasteiger partial charge on any atom is -0.444 e. The highest BCUT2D eigenvalue weighted by Crippen LogP contribution is 2.36. The van der Waals surface area contributed by atoms with Crippen LogP contribution in [0.15, 0.2) is 48.0 Å². The SMILES string of the molecule is Bc1cccc(C2=C(C(=O)N(Cc3cccc(Cl)c3Cl)C3CC3)CN(C(=O)OC(C)(C)C)CC2)c1. The predicted octanol–water partition coefficient (Wildman–Crippen LogP) is 4.84. The lowest BCUT2D eigenvalue weighted by Gasteiger charge is -2.34. The van der Waals surface area contributed by atoms with Crippen molar-refractivity contribution in [1.82, 2.24) is 9.80 Å². The zero-order valence-corrected chi connectivity index (χ0v) is 22.2. The van der Waals surface area contributed by atoms with Gasteiger partial charge in [0.25, 0.3) is 5.91 Å². The molecule has 1 fully saturated rings. The fraction of sp³-hybridized carbons (Fsp3) is 0.407. The second-order valence-corrected chi connectivity index (χ2v) is 11.1. The van der Waals surface area contributed by atoms with Crippen molar-refractivity contribution in [1.29, 1.82) is 0 Å². The predicted molar refractivity (Wildman–Crippen MR) is 144 cm³/mol. The molecular formula is C27H31BCl2N2O3. The van der Waals surface area contributed by atoms with Gasteiger partial charge < -0.3 is 14.5 Å². The molecule has 1 aliphatic carbocycles. The van der Waals surface area contributed by atoms with Crippen molar-refractivity contribution < 1.29 is 14.3 Å². The van der Waals surface area contributed by atoms with Crippen molar-refractivity contribution in [3.05, 3.63) is 69.2 Å². The molecule has 4 rings (SSSR count). The average Bonchev–Trinajstić information content (AvgIpc) is 3.63.